The molecule has 1 aliphatic heterocycles. The predicted molar refractivity (Wildman–Crippen MR) is 124 cm³/mol. The van der Waals surface area contributed by atoms with Crippen LogP contribution in [0.2, 0.25) is 0 Å². The van der Waals surface area contributed by atoms with Crippen molar-refractivity contribution < 1.29 is 18.0 Å². The van der Waals surface area contributed by atoms with E-state index in [1.54, 1.807) is 11.2 Å². The van der Waals surface area contributed by atoms with Gasteiger partial charge in [-0.25, -0.2) is 4.98 Å². The van der Waals surface area contributed by atoms with Gasteiger partial charge in [0.15, 0.2) is 5.16 Å². The van der Waals surface area contributed by atoms with Gasteiger partial charge in [-0.05, 0) is 35.7 Å². The molecule has 3 heterocycles. The van der Waals surface area contributed by atoms with E-state index in [9.17, 15) is 18.0 Å². The third-order valence-corrected chi connectivity index (χ3v) is 6.64. The summed E-state index contributed by atoms with van der Waals surface area (Å²) < 4.78 is 40.1. The number of anilines is 1. The van der Waals surface area contributed by atoms with Crippen molar-refractivity contribution in [3.05, 3.63) is 60.0 Å². The van der Waals surface area contributed by atoms with Crippen LogP contribution in [0.15, 0.2) is 54.1 Å². The molecule has 34 heavy (non-hydrogen) atoms. The first-order valence-corrected chi connectivity index (χ1v) is 11.9. The highest BCUT2D eigenvalue weighted by molar-refractivity contribution is 7.99. The average Bonchev–Trinajstić information content (AvgIpc) is 3.31. The number of amides is 1. The van der Waals surface area contributed by atoms with E-state index in [2.05, 4.69) is 41.2 Å². The number of hydrogen-bond acceptors (Lipinski definition) is 6. The summed E-state index contributed by atoms with van der Waals surface area (Å²) in [5.74, 6) is 1.12. The van der Waals surface area contributed by atoms with Crippen LogP contribution < -0.4 is 4.90 Å². The minimum Gasteiger partial charge on any atom is -0.353 e. The molecule has 2 aromatic heterocycles. The van der Waals surface area contributed by atoms with E-state index in [4.69, 9.17) is 0 Å². The molecule has 7 nitrogen and oxygen atoms in total. The van der Waals surface area contributed by atoms with Gasteiger partial charge in [0.05, 0.1) is 11.3 Å². The average molecular weight is 491 g/mol. The second-order valence-electron chi connectivity index (χ2n) is 8.29. The molecule has 0 atom stereocenters. The molecule has 1 fully saturated rings. The summed E-state index contributed by atoms with van der Waals surface area (Å²) in [5, 5.41) is 8.78. The van der Waals surface area contributed by atoms with Crippen LogP contribution in [-0.4, -0.2) is 62.5 Å². The number of carbonyl (C=O) groups excluding carboxylic acids is 1. The van der Waals surface area contributed by atoms with Crippen LogP contribution in [0.3, 0.4) is 0 Å². The summed E-state index contributed by atoms with van der Waals surface area (Å²) in [6.07, 6.45) is -1.93. The number of hydrogen-bond donors (Lipinski definition) is 0. The summed E-state index contributed by atoms with van der Waals surface area (Å²) >= 11 is 1.33. The van der Waals surface area contributed by atoms with Gasteiger partial charge < -0.3 is 9.80 Å². The fourth-order valence-electron chi connectivity index (χ4n) is 3.66. The maximum atomic E-state index is 12.7. The predicted octanol–water partition coefficient (Wildman–Crippen LogP) is 4.25. The van der Waals surface area contributed by atoms with Crippen LogP contribution >= 0.6 is 11.8 Å². The Morgan fingerprint density at radius 3 is 2.35 bits per heavy atom. The zero-order valence-electron chi connectivity index (χ0n) is 18.9. The molecule has 1 aromatic carbocycles. The van der Waals surface area contributed by atoms with Crippen molar-refractivity contribution in [1.29, 1.82) is 0 Å². The monoisotopic (exact) mass is 490 g/mol. The minimum absolute atomic E-state index is 0.0188. The molecule has 0 saturated carbocycles. The Labute approximate surface area is 200 Å². The van der Waals surface area contributed by atoms with Crippen molar-refractivity contribution >= 4 is 23.5 Å². The highest BCUT2D eigenvalue weighted by atomic mass is 32.2. The van der Waals surface area contributed by atoms with Gasteiger partial charge in [-0.3, -0.25) is 9.36 Å². The number of piperazine rings is 1. The summed E-state index contributed by atoms with van der Waals surface area (Å²) in [4.78, 5) is 20.3. The van der Waals surface area contributed by atoms with Crippen LogP contribution in [0.5, 0.6) is 0 Å². The number of nitrogens with zero attached hydrogens (tertiary/aromatic N) is 6. The second kappa shape index (κ2) is 10.0. The molecule has 3 aromatic rings. The molecular weight excluding hydrogens is 465 g/mol. The summed E-state index contributed by atoms with van der Waals surface area (Å²) in [6, 6.07) is 10.6. The van der Waals surface area contributed by atoms with E-state index >= 15 is 0 Å². The first kappa shape index (κ1) is 24.1. The molecule has 0 unspecified atom stereocenters. The molecule has 1 amide bonds. The van der Waals surface area contributed by atoms with Gasteiger partial charge in [0.1, 0.15) is 12.1 Å². The van der Waals surface area contributed by atoms with Crippen molar-refractivity contribution in [2.75, 3.05) is 36.8 Å². The maximum Gasteiger partial charge on any atom is 0.417 e. The molecule has 0 radical (unpaired) electrons. The number of halogens is 3. The van der Waals surface area contributed by atoms with E-state index in [0.717, 1.165) is 18.0 Å². The standard InChI is InChI=1S/C23H25F3N6OS/c1-16(2)17-3-6-19(7-4-17)32-15-28-29-22(32)34-14-21(33)31-11-9-30(10-12-31)20-8-5-18(13-27-20)23(24,25)26/h3-8,13,15-16H,9-12,14H2,1-2H3. The van der Waals surface area contributed by atoms with Crippen LogP contribution in [0, 0.1) is 0 Å². The normalized spacial score (nSPS) is 14.6. The molecule has 1 aliphatic rings. The molecule has 0 N–H and O–H groups in total. The van der Waals surface area contributed by atoms with Gasteiger partial charge >= 0.3 is 6.18 Å². The van der Waals surface area contributed by atoms with Crippen LogP contribution in [0.1, 0.15) is 30.9 Å². The summed E-state index contributed by atoms with van der Waals surface area (Å²) in [7, 11) is 0. The molecule has 0 bridgehead atoms. The Morgan fingerprint density at radius 1 is 1.06 bits per heavy atom. The number of alkyl halides is 3. The summed E-state index contributed by atoms with van der Waals surface area (Å²) in [5.41, 5.74) is 1.40. The van der Waals surface area contributed by atoms with E-state index < -0.39 is 11.7 Å². The van der Waals surface area contributed by atoms with Crippen molar-refractivity contribution in [2.24, 2.45) is 0 Å². The SMILES string of the molecule is CC(C)c1ccc(-n2cnnc2SCC(=O)N2CCN(c3ccc(C(F)(F)F)cn3)CC2)cc1. The van der Waals surface area contributed by atoms with Crippen molar-refractivity contribution in [1.82, 2.24) is 24.6 Å². The van der Waals surface area contributed by atoms with E-state index in [-0.39, 0.29) is 11.7 Å². The second-order valence-corrected chi connectivity index (χ2v) is 9.23. The number of aromatic nitrogens is 4. The smallest absolute Gasteiger partial charge is 0.353 e. The zero-order chi connectivity index (χ0) is 24.3. The van der Waals surface area contributed by atoms with Gasteiger partial charge in [-0.15, -0.1) is 10.2 Å². The molecule has 0 aliphatic carbocycles. The Kier molecular flexibility index (Phi) is 7.11. The Hall–Kier alpha value is -3.08. The molecule has 0 spiro atoms. The topological polar surface area (TPSA) is 67.2 Å². The van der Waals surface area contributed by atoms with Crippen LogP contribution in [0.25, 0.3) is 5.69 Å². The van der Waals surface area contributed by atoms with Gasteiger partial charge in [0.2, 0.25) is 5.91 Å². The number of thioether (sulfide) groups is 1. The van der Waals surface area contributed by atoms with Crippen LogP contribution in [-0.2, 0) is 11.0 Å². The third kappa shape index (κ3) is 5.52. The molecule has 180 valence electrons. The summed E-state index contributed by atoms with van der Waals surface area (Å²) in [6.45, 7) is 6.25. The van der Waals surface area contributed by atoms with E-state index in [0.29, 0.717) is 43.1 Å². The van der Waals surface area contributed by atoms with Crippen molar-refractivity contribution in [2.45, 2.75) is 31.1 Å². The van der Waals surface area contributed by atoms with Crippen molar-refractivity contribution in [3.8, 4) is 5.69 Å². The Balaban J connectivity index is 1.30. The fourth-order valence-corrected chi connectivity index (χ4v) is 4.49. The highest BCUT2D eigenvalue weighted by Crippen LogP contribution is 2.29. The van der Waals surface area contributed by atoms with Gasteiger partial charge in [0.25, 0.3) is 0 Å². The number of benzene rings is 1. The highest BCUT2D eigenvalue weighted by Gasteiger charge is 2.31. The fraction of sp³-hybridized carbons (Fsp3) is 0.391. The van der Waals surface area contributed by atoms with E-state index in [1.165, 1.54) is 23.4 Å². The van der Waals surface area contributed by atoms with Crippen LogP contribution in [0.4, 0.5) is 19.0 Å². The van der Waals surface area contributed by atoms with Crippen molar-refractivity contribution in [3.63, 3.8) is 0 Å². The quantitative estimate of drug-likeness (QED) is 0.482. The van der Waals surface area contributed by atoms with Gasteiger partial charge in [0, 0.05) is 38.1 Å². The molecule has 4 rings (SSSR count). The lowest BCUT2D eigenvalue weighted by Gasteiger charge is -2.35. The first-order valence-electron chi connectivity index (χ1n) is 10.9. The van der Waals surface area contributed by atoms with Gasteiger partial charge in [-0.2, -0.15) is 13.2 Å². The largest absolute Gasteiger partial charge is 0.417 e. The first-order chi connectivity index (χ1) is 16.2. The van der Waals surface area contributed by atoms with Gasteiger partial charge in [-0.1, -0.05) is 37.7 Å². The lowest BCUT2D eigenvalue weighted by molar-refractivity contribution is -0.137. The lowest BCUT2D eigenvalue weighted by atomic mass is 10.0. The third-order valence-electron chi connectivity index (χ3n) is 5.71. The maximum absolute atomic E-state index is 12.7. The zero-order valence-corrected chi connectivity index (χ0v) is 19.7. The Bertz CT molecular complexity index is 1110. The molecule has 11 heteroatoms. The number of pyridine rings is 1. The molecular formula is C23H25F3N6OS. The minimum atomic E-state index is -4.41. The molecule has 1 saturated heterocycles. The van der Waals surface area contributed by atoms with E-state index in [1.807, 2.05) is 21.6 Å². The lowest BCUT2D eigenvalue weighted by Crippen LogP contribution is -2.49. The number of rotatable bonds is 6. The Morgan fingerprint density at radius 2 is 1.76 bits per heavy atom. The number of carbonyl (C=O) groups is 1.